The van der Waals surface area contributed by atoms with Crippen LogP contribution in [0.1, 0.15) is 37.1 Å². The van der Waals surface area contributed by atoms with E-state index in [9.17, 15) is 4.79 Å². The zero-order chi connectivity index (χ0) is 20.1. The van der Waals surface area contributed by atoms with Crippen molar-refractivity contribution < 1.29 is 4.79 Å². The number of aromatic nitrogens is 2. The van der Waals surface area contributed by atoms with Gasteiger partial charge in [0.25, 0.3) is 0 Å². The first kappa shape index (κ1) is 19.6. The number of hydrogen-bond acceptors (Lipinski definition) is 4. The quantitative estimate of drug-likeness (QED) is 0.561. The van der Waals surface area contributed by atoms with Crippen LogP contribution in [0.15, 0.2) is 48.5 Å². The van der Waals surface area contributed by atoms with Crippen molar-refractivity contribution in [3.8, 4) is 0 Å². The van der Waals surface area contributed by atoms with Crippen LogP contribution in [0.25, 0.3) is 10.9 Å². The lowest BCUT2D eigenvalue weighted by atomic mass is 10.1. The monoisotopic (exact) mass is 408 g/mol. The van der Waals surface area contributed by atoms with Gasteiger partial charge in [0.15, 0.2) is 0 Å². The van der Waals surface area contributed by atoms with Crippen molar-refractivity contribution in [1.82, 2.24) is 15.3 Å². The van der Waals surface area contributed by atoms with E-state index in [-0.39, 0.29) is 11.8 Å². The Kier molecular flexibility index (Phi) is 6.25. The minimum Gasteiger partial charge on any atom is -0.368 e. The largest absolute Gasteiger partial charge is 0.368 e. The summed E-state index contributed by atoms with van der Waals surface area (Å²) in [5.41, 5.74) is 1.97. The summed E-state index contributed by atoms with van der Waals surface area (Å²) in [6.45, 7) is 1.18. The van der Waals surface area contributed by atoms with Crippen molar-refractivity contribution in [3.63, 3.8) is 0 Å². The number of carbonyl (C=O) groups excluding carboxylic acids is 1. The SMILES string of the molecule is O=C(NCCNc1nc(Cc2ccccc2)nc2cc(Cl)ccc12)C1CCCC1. The molecule has 0 unspecified atom stereocenters. The van der Waals surface area contributed by atoms with Crippen LogP contribution < -0.4 is 10.6 Å². The molecule has 1 saturated carbocycles. The number of anilines is 1. The van der Waals surface area contributed by atoms with E-state index >= 15 is 0 Å². The Bertz CT molecular complexity index is 987. The lowest BCUT2D eigenvalue weighted by molar-refractivity contribution is -0.124. The molecule has 1 aliphatic rings. The molecule has 29 heavy (non-hydrogen) atoms. The van der Waals surface area contributed by atoms with Crippen LogP contribution >= 0.6 is 11.6 Å². The molecule has 1 aliphatic carbocycles. The summed E-state index contributed by atoms with van der Waals surface area (Å²) in [6.07, 6.45) is 5.00. The van der Waals surface area contributed by atoms with Gasteiger partial charge in [-0.25, -0.2) is 9.97 Å². The van der Waals surface area contributed by atoms with E-state index in [0.717, 1.165) is 53.8 Å². The fourth-order valence-corrected chi connectivity index (χ4v) is 4.01. The van der Waals surface area contributed by atoms with Crippen LogP contribution in [0.3, 0.4) is 0 Å². The molecule has 0 atom stereocenters. The highest BCUT2D eigenvalue weighted by atomic mass is 35.5. The van der Waals surface area contributed by atoms with Crippen molar-refractivity contribution in [2.75, 3.05) is 18.4 Å². The molecule has 150 valence electrons. The molecule has 0 aliphatic heterocycles. The molecule has 1 aromatic heterocycles. The molecule has 2 N–H and O–H groups in total. The average molecular weight is 409 g/mol. The van der Waals surface area contributed by atoms with Gasteiger partial charge in [-0.1, -0.05) is 54.8 Å². The van der Waals surface area contributed by atoms with E-state index in [4.69, 9.17) is 21.6 Å². The zero-order valence-corrected chi connectivity index (χ0v) is 17.1. The Labute approximate surface area is 175 Å². The van der Waals surface area contributed by atoms with E-state index < -0.39 is 0 Å². The summed E-state index contributed by atoms with van der Waals surface area (Å²) in [5.74, 6) is 1.87. The van der Waals surface area contributed by atoms with Gasteiger partial charge in [0.1, 0.15) is 11.6 Å². The Balaban J connectivity index is 1.47. The van der Waals surface area contributed by atoms with Crippen LogP contribution in [0.4, 0.5) is 5.82 Å². The fourth-order valence-electron chi connectivity index (χ4n) is 3.84. The van der Waals surface area contributed by atoms with Crippen molar-refractivity contribution in [2.24, 2.45) is 5.92 Å². The molecule has 0 bridgehead atoms. The third-order valence-corrected chi connectivity index (χ3v) is 5.59. The van der Waals surface area contributed by atoms with Crippen LogP contribution in [0.2, 0.25) is 5.02 Å². The first-order chi connectivity index (χ1) is 14.2. The van der Waals surface area contributed by atoms with Gasteiger partial charge in [-0.15, -0.1) is 0 Å². The predicted octanol–water partition coefficient (Wildman–Crippen LogP) is 4.59. The van der Waals surface area contributed by atoms with Gasteiger partial charge in [0.2, 0.25) is 5.91 Å². The first-order valence-electron chi connectivity index (χ1n) is 10.2. The number of rotatable bonds is 7. The molecule has 4 rings (SSSR count). The molecule has 6 heteroatoms. The highest BCUT2D eigenvalue weighted by Crippen LogP contribution is 2.25. The number of hydrogen-bond donors (Lipinski definition) is 2. The van der Waals surface area contributed by atoms with E-state index in [1.807, 2.05) is 36.4 Å². The number of benzene rings is 2. The minimum atomic E-state index is 0.174. The lowest BCUT2D eigenvalue weighted by Gasteiger charge is -2.13. The van der Waals surface area contributed by atoms with Crippen molar-refractivity contribution in [2.45, 2.75) is 32.1 Å². The molecule has 3 aromatic rings. The second-order valence-corrected chi connectivity index (χ2v) is 7.95. The molecule has 1 amide bonds. The second-order valence-electron chi connectivity index (χ2n) is 7.51. The number of nitrogens with one attached hydrogen (secondary N) is 2. The minimum absolute atomic E-state index is 0.174. The van der Waals surface area contributed by atoms with Crippen LogP contribution in [-0.2, 0) is 11.2 Å². The van der Waals surface area contributed by atoms with E-state index in [2.05, 4.69) is 22.8 Å². The predicted molar refractivity (Wildman–Crippen MR) is 117 cm³/mol. The maximum atomic E-state index is 12.2. The topological polar surface area (TPSA) is 66.9 Å². The number of carbonyl (C=O) groups is 1. The lowest BCUT2D eigenvalue weighted by Crippen LogP contribution is -2.33. The van der Waals surface area contributed by atoms with Crippen LogP contribution in [0.5, 0.6) is 0 Å². The molecule has 1 heterocycles. The molecule has 0 radical (unpaired) electrons. The molecule has 2 aromatic carbocycles. The maximum Gasteiger partial charge on any atom is 0.223 e. The summed E-state index contributed by atoms with van der Waals surface area (Å²) in [4.78, 5) is 21.6. The van der Waals surface area contributed by atoms with E-state index in [1.54, 1.807) is 0 Å². The maximum absolute atomic E-state index is 12.2. The van der Waals surface area contributed by atoms with Crippen LogP contribution in [0, 0.1) is 5.92 Å². The Hall–Kier alpha value is -2.66. The van der Waals surface area contributed by atoms with Gasteiger partial charge in [0.05, 0.1) is 5.52 Å². The Morgan fingerprint density at radius 1 is 1.03 bits per heavy atom. The number of amides is 1. The Morgan fingerprint density at radius 3 is 2.62 bits per heavy atom. The van der Waals surface area contributed by atoms with Crippen molar-refractivity contribution in [3.05, 3.63) is 64.9 Å². The normalized spacial score (nSPS) is 14.2. The van der Waals surface area contributed by atoms with Gasteiger partial charge in [0, 0.05) is 35.8 Å². The van der Waals surface area contributed by atoms with Crippen LogP contribution in [-0.4, -0.2) is 29.0 Å². The van der Waals surface area contributed by atoms with Crippen molar-refractivity contribution in [1.29, 1.82) is 0 Å². The number of fused-ring (bicyclic) bond motifs is 1. The standard InChI is InChI=1S/C23H25ClN4O/c24-18-10-11-19-20(15-18)27-21(14-16-6-2-1-3-7-16)28-22(19)25-12-13-26-23(29)17-8-4-5-9-17/h1-3,6-7,10-11,15,17H,4-5,8-9,12-14H2,(H,26,29)(H,25,27,28). The van der Waals surface area contributed by atoms with Gasteiger partial charge in [-0.3, -0.25) is 4.79 Å². The van der Waals surface area contributed by atoms with E-state index in [1.165, 1.54) is 0 Å². The highest BCUT2D eigenvalue weighted by molar-refractivity contribution is 6.31. The summed E-state index contributed by atoms with van der Waals surface area (Å²) >= 11 is 6.18. The molecule has 0 saturated heterocycles. The smallest absolute Gasteiger partial charge is 0.223 e. The average Bonchev–Trinajstić information content (AvgIpc) is 3.26. The third kappa shape index (κ3) is 5.04. The zero-order valence-electron chi connectivity index (χ0n) is 16.3. The summed E-state index contributed by atoms with van der Waals surface area (Å²) in [7, 11) is 0. The molecule has 0 spiro atoms. The summed E-state index contributed by atoms with van der Waals surface area (Å²) < 4.78 is 0. The van der Waals surface area contributed by atoms with Gasteiger partial charge in [-0.2, -0.15) is 0 Å². The Morgan fingerprint density at radius 2 is 1.83 bits per heavy atom. The fraction of sp³-hybridized carbons (Fsp3) is 0.348. The third-order valence-electron chi connectivity index (χ3n) is 5.35. The number of nitrogens with zero attached hydrogens (tertiary/aromatic N) is 2. The highest BCUT2D eigenvalue weighted by Gasteiger charge is 2.21. The second kappa shape index (κ2) is 9.23. The first-order valence-corrected chi connectivity index (χ1v) is 10.6. The van der Waals surface area contributed by atoms with Gasteiger partial charge in [-0.05, 0) is 36.6 Å². The van der Waals surface area contributed by atoms with Crippen molar-refractivity contribution >= 4 is 34.2 Å². The molecule has 1 fully saturated rings. The van der Waals surface area contributed by atoms with Gasteiger partial charge >= 0.3 is 0 Å². The molecular weight excluding hydrogens is 384 g/mol. The molecular formula is C23H25ClN4O. The van der Waals surface area contributed by atoms with E-state index in [0.29, 0.717) is 24.5 Å². The van der Waals surface area contributed by atoms with Gasteiger partial charge < -0.3 is 10.6 Å². The molecule has 5 nitrogen and oxygen atoms in total. The summed E-state index contributed by atoms with van der Waals surface area (Å²) in [5, 5.41) is 7.98. The number of halogens is 1. The summed E-state index contributed by atoms with van der Waals surface area (Å²) in [6, 6.07) is 15.8.